The van der Waals surface area contributed by atoms with Crippen LogP contribution in [0.25, 0.3) is 17.2 Å². The standard InChI is InChI=1S/C25H27N9O4/c26-8-7-19(35)29-9-11-33(10-1-2-16-3-5-17(12-27)6-4-16)13-18-21(36)22(37)25(38-18)34-15-32-20-23(28)30-14-31-24(20)34/h1-6,14-15,18,21-22,25,36-37H,7,9-11,13H2,(H,29,35)(H2,28,30,31)/b2-1+/t18-,21-,22-,25-/m1/s1. The minimum atomic E-state index is -1.25. The Bertz CT molecular complexity index is 1380. The molecule has 0 aliphatic carbocycles. The number of nitrogens with zero attached hydrogens (tertiary/aromatic N) is 7. The van der Waals surface area contributed by atoms with Crippen LogP contribution < -0.4 is 11.1 Å². The summed E-state index contributed by atoms with van der Waals surface area (Å²) < 4.78 is 7.57. The first-order valence-corrected chi connectivity index (χ1v) is 11.9. The first-order valence-electron chi connectivity index (χ1n) is 11.9. The SMILES string of the molecule is N#CCC(=O)NCCN(C/C=C/c1ccc(C#N)cc1)C[C@H]1O[C@@H](n2cnc3c(N)ncnc32)[C@H](O)[C@@H]1O. The average molecular weight is 518 g/mol. The number of nitrogens with one attached hydrogen (secondary N) is 1. The number of hydrogen-bond acceptors (Lipinski definition) is 11. The molecule has 2 aromatic heterocycles. The van der Waals surface area contributed by atoms with Gasteiger partial charge in [-0.3, -0.25) is 14.3 Å². The molecule has 13 nitrogen and oxygen atoms in total. The number of carbonyl (C=O) groups excluding carboxylic acids is 1. The van der Waals surface area contributed by atoms with Crippen molar-refractivity contribution < 1.29 is 19.7 Å². The molecule has 0 radical (unpaired) electrons. The summed E-state index contributed by atoms with van der Waals surface area (Å²) in [5.74, 6) is -0.182. The quantitative estimate of drug-likeness (QED) is 0.281. The molecule has 0 spiro atoms. The summed E-state index contributed by atoms with van der Waals surface area (Å²) in [7, 11) is 0. The maximum Gasteiger partial charge on any atom is 0.234 e. The number of amides is 1. The molecule has 1 aliphatic rings. The Morgan fingerprint density at radius 2 is 2.00 bits per heavy atom. The predicted molar refractivity (Wildman–Crippen MR) is 136 cm³/mol. The maximum absolute atomic E-state index is 11.7. The van der Waals surface area contributed by atoms with E-state index in [2.05, 4.69) is 26.3 Å². The van der Waals surface area contributed by atoms with Crippen molar-refractivity contribution in [2.24, 2.45) is 0 Å². The van der Waals surface area contributed by atoms with Crippen molar-refractivity contribution in [2.45, 2.75) is 31.0 Å². The molecule has 3 aromatic rings. The van der Waals surface area contributed by atoms with Crippen LogP contribution in [-0.2, 0) is 9.53 Å². The largest absolute Gasteiger partial charge is 0.387 e. The van der Waals surface area contributed by atoms with Gasteiger partial charge in [-0.2, -0.15) is 10.5 Å². The zero-order valence-corrected chi connectivity index (χ0v) is 20.4. The van der Waals surface area contributed by atoms with Crippen LogP contribution in [-0.4, -0.2) is 85.0 Å². The topological polar surface area (TPSA) is 199 Å². The molecule has 4 atom stereocenters. The molecule has 5 N–H and O–H groups in total. The molecule has 4 rings (SSSR count). The lowest BCUT2D eigenvalue weighted by Gasteiger charge is -2.25. The second kappa shape index (κ2) is 12.2. The number of carbonyl (C=O) groups is 1. The Balaban J connectivity index is 1.45. The van der Waals surface area contributed by atoms with Crippen LogP contribution in [0.3, 0.4) is 0 Å². The van der Waals surface area contributed by atoms with Gasteiger partial charge in [0, 0.05) is 26.2 Å². The van der Waals surface area contributed by atoms with Crippen LogP contribution in [0.15, 0.2) is 43.0 Å². The minimum Gasteiger partial charge on any atom is -0.387 e. The molecule has 1 aliphatic heterocycles. The minimum absolute atomic E-state index is 0.192. The molecule has 1 amide bonds. The van der Waals surface area contributed by atoms with E-state index in [4.69, 9.17) is 21.0 Å². The van der Waals surface area contributed by atoms with Crippen LogP contribution in [0.4, 0.5) is 5.82 Å². The summed E-state index contributed by atoms with van der Waals surface area (Å²) in [5.41, 5.74) is 8.07. The Morgan fingerprint density at radius 3 is 2.74 bits per heavy atom. The van der Waals surface area contributed by atoms with Crippen molar-refractivity contribution in [3.8, 4) is 12.1 Å². The fraction of sp³-hybridized carbons (Fsp3) is 0.360. The Kier molecular flexibility index (Phi) is 8.58. The third kappa shape index (κ3) is 6.11. The second-order valence-electron chi connectivity index (χ2n) is 8.71. The van der Waals surface area contributed by atoms with Gasteiger partial charge in [0.25, 0.3) is 0 Å². The molecule has 0 bridgehead atoms. The van der Waals surface area contributed by atoms with Crippen LogP contribution in [0.1, 0.15) is 23.8 Å². The van der Waals surface area contributed by atoms with Gasteiger partial charge in [-0.1, -0.05) is 24.3 Å². The Labute approximate surface area is 218 Å². The van der Waals surface area contributed by atoms with Gasteiger partial charge in [-0.25, -0.2) is 15.0 Å². The second-order valence-corrected chi connectivity index (χ2v) is 8.71. The van der Waals surface area contributed by atoms with Crippen LogP contribution in [0.2, 0.25) is 0 Å². The van der Waals surface area contributed by atoms with Gasteiger partial charge in [0.15, 0.2) is 17.7 Å². The van der Waals surface area contributed by atoms with Gasteiger partial charge < -0.3 is 26.0 Å². The molecular weight excluding hydrogens is 490 g/mol. The van der Waals surface area contributed by atoms with Crippen molar-refractivity contribution in [2.75, 3.05) is 31.9 Å². The zero-order valence-electron chi connectivity index (χ0n) is 20.4. The summed E-state index contributed by atoms with van der Waals surface area (Å²) in [4.78, 5) is 25.9. The van der Waals surface area contributed by atoms with E-state index in [1.807, 2.05) is 35.3 Å². The zero-order chi connectivity index (χ0) is 27.1. The highest BCUT2D eigenvalue weighted by Gasteiger charge is 2.44. The van der Waals surface area contributed by atoms with E-state index in [-0.39, 0.29) is 31.2 Å². The van der Waals surface area contributed by atoms with Gasteiger partial charge in [0.2, 0.25) is 5.91 Å². The number of fused-ring (bicyclic) bond motifs is 1. The van der Waals surface area contributed by atoms with Crippen LogP contribution in [0, 0.1) is 22.7 Å². The van der Waals surface area contributed by atoms with Gasteiger partial charge in [0.1, 0.15) is 36.6 Å². The molecule has 0 unspecified atom stereocenters. The van der Waals surface area contributed by atoms with Gasteiger partial charge >= 0.3 is 0 Å². The number of benzene rings is 1. The number of nitrogen functional groups attached to an aromatic ring is 1. The normalized spacial score (nSPS) is 21.1. The van der Waals surface area contributed by atoms with Crippen molar-refractivity contribution >= 4 is 29.0 Å². The molecule has 3 heterocycles. The summed E-state index contributed by atoms with van der Waals surface area (Å²) in [5, 5.41) is 41.9. The van der Waals surface area contributed by atoms with Gasteiger partial charge in [0.05, 0.1) is 24.0 Å². The highest BCUT2D eigenvalue weighted by Crippen LogP contribution is 2.32. The summed E-state index contributed by atoms with van der Waals surface area (Å²) in [6.07, 6.45) is 2.14. The Morgan fingerprint density at radius 1 is 1.21 bits per heavy atom. The number of aromatic nitrogens is 4. The average Bonchev–Trinajstić information content (AvgIpc) is 3.46. The predicted octanol–water partition coefficient (Wildman–Crippen LogP) is -0.0553. The smallest absolute Gasteiger partial charge is 0.234 e. The summed E-state index contributed by atoms with van der Waals surface area (Å²) >= 11 is 0. The molecule has 1 aromatic carbocycles. The van der Waals surface area contributed by atoms with E-state index >= 15 is 0 Å². The number of aliphatic hydroxyl groups excluding tert-OH is 2. The number of aliphatic hydroxyl groups is 2. The number of hydrogen-bond donors (Lipinski definition) is 4. The number of anilines is 1. The highest BCUT2D eigenvalue weighted by atomic mass is 16.6. The van der Waals surface area contributed by atoms with Gasteiger partial charge in [-0.05, 0) is 17.7 Å². The lowest BCUT2D eigenvalue weighted by atomic mass is 10.1. The van der Waals surface area contributed by atoms with E-state index in [9.17, 15) is 15.0 Å². The number of rotatable bonds is 10. The lowest BCUT2D eigenvalue weighted by molar-refractivity contribution is -0.120. The number of nitrogens with two attached hydrogens (primary N) is 1. The molecule has 196 valence electrons. The monoisotopic (exact) mass is 517 g/mol. The number of imidazole rings is 1. The number of nitriles is 2. The third-order valence-corrected chi connectivity index (χ3v) is 6.14. The van der Waals surface area contributed by atoms with Crippen molar-refractivity contribution in [1.29, 1.82) is 10.5 Å². The van der Waals surface area contributed by atoms with Crippen molar-refractivity contribution in [3.05, 3.63) is 54.1 Å². The molecule has 1 saturated heterocycles. The van der Waals surface area contributed by atoms with E-state index in [0.717, 1.165) is 5.56 Å². The van der Waals surface area contributed by atoms with E-state index in [1.165, 1.54) is 17.2 Å². The van der Waals surface area contributed by atoms with E-state index < -0.39 is 24.5 Å². The van der Waals surface area contributed by atoms with Crippen molar-refractivity contribution in [3.63, 3.8) is 0 Å². The van der Waals surface area contributed by atoms with E-state index in [0.29, 0.717) is 29.8 Å². The molecular formula is C25H27N9O4. The number of ether oxygens (including phenoxy) is 1. The van der Waals surface area contributed by atoms with E-state index in [1.54, 1.807) is 12.1 Å². The van der Waals surface area contributed by atoms with Crippen molar-refractivity contribution in [1.82, 2.24) is 29.7 Å². The first-order chi connectivity index (χ1) is 18.4. The summed E-state index contributed by atoms with van der Waals surface area (Å²) in [6.45, 7) is 1.37. The Hall–Kier alpha value is -4.40. The third-order valence-electron chi connectivity index (χ3n) is 6.14. The van der Waals surface area contributed by atoms with Crippen LogP contribution >= 0.6 is 0 Å². The highest BCUT2D eigenvalue weighted by molar-refractivity contribution is 5.81. The van der Waals surface area contributed by atoms with Gasteiger partial charge in [-0.15, -0.1) is 0 Å². The fourth-order valence-corrected chi connectivity index (χ4v) is 4.17. The lowest BCUT2D eigenvalue weighted by Crippen LogP contribution is -2.43. The summed E-state index contributed by atoms with van der Waals surface area (Å²) in [6, 6.07) is 11.0. The molecule has 0 saturated carbocycles. The van der Waals surface area contributed by atoms with Crippen LogP contribution in [0.5, 0.6) is 0 Å². The molecule has 1 fully saturated rings. The molecule has 13 heteroatoms. The first kappa shape index (κ1) is 26.7. The fourth-order valence-electron chi connectivity index (χ4n) is 4.17. The molecule has 38 heavy (non-hydrogen) atoms. The maximum atomic E-state index is 11.7.